The van der Waals surface area contributed by atoms with Gasteiger partial charge in [-0.15, -0.1) is 0 Å². The zero-order valence-corrected chi connectivity index (χ0v) is 5.94. The molecule has 0 spiro atoms. The van der Waals surface area contributed by atoms with Gasteiger partial charge in [0.2, 0.25) is 0 Å². The highest BCUT2D eigenvalue weighted by atomic mass is 16.5. The fourth-order valence-corrected chi connectivity index (χ4v) is 0.390. The Labute approximate surface area is 56.2 Å². The van der Waals surface area contributed by atoms with Crippen LogP contribution in [0.15, 0.2) is 0 Å². The lowest BCUT2D eigenvalue weighted by molar-refractivity contribution is -0.139. The molecule has 9 heavy (non-hydrogen) atoms. The maximum absolute atomic E-state index is 10.5. The number of carbonyl (C=O) groups excluding carboxylic acids is 1. The lowest BCUT2D eigenvalue weighted by Gasteiger charge is -1.98. The Hall–Kier alpha value is -0.530. The topological polar surface area (TPSA) is 26.3 Å². The molecule has 0 bridgehead atoms. The van der Waals surface area contributed by atoms with Crippen LogP contribution in [0.3, 0.4) is 0 Å². The van der Waals surface area contributed by atoms with Crippen molar-refractivity contribution in [3.05, 3.63) is 6.42 Å². The van der Waals surface area contributed by atoms with Crippen LogP contribution in [0.5, 0.6) is 0 Å². The van der Waals surface area contributed by atoms with Crippen molar-refractivity contribution < 1.29 is 9.53 Å². The molecule has 0 N–H and O–H groups in total. The number of hydrogen-bond acceptors (Lipinski definition) is 2. The molecule has 2 nitrogen and oxygen atoms in total. The van der Waals surface area contributed by atoms with Gasteiger partial charge in [-0.1, -0.05) is 13.8 Å². The van der Waals surface area contributed by atoms with E-state index >= 15 is 0 Å². The van der Waals surface area contributed by atoms with Crippen molar-refractivity contribution in [3.8, 4) is 0 Å². The standard InChI is InChI=1S/C7H12O2/c1-3-5-7(8)9-6-4-2/h3-4,6H2,1-2H3. The highest BCUT2D eigenvalue weighted by molar-refractivity contribution is 5.78. The molecule has 0 aromatic carbocycles. The van der Waals surface area contributed by atoms with Crippen molar-refractivity contribution in [2.24, 2.45) is 0 Å². The first-order valence-corrected chi connectivity index (χ1v) is 3.21. The summed E-state index contributed by atoms with van der Waals surface area (Å²) >= 11 is 0. The van der Waals surface area contributed by atoms with E-state index in [1.54, 1.807) is 0 Å². The van der Waals surface area contributed by atoms with Gasteiger partial charge in [-0.25, -0.2) is 0 Å². The minimum absolute atomic E-state index is 0.320. The quantitative estimate of drug-likeness (QED) is 0.535. The maximum Gasteiger partial charge on any atom is 0.314 e. The van der Waals surface area contributed by atoms with E-state index in [0.29, 0.717) is 13.0 Å². The zero-order chi connectivity index (χ0) is 7.11. The number of esters is 1. The van der Waals surface area contributed by atoms with Gasteiger partial charge in [0.25, 0.3) is 0 Å². The van der Waals surface area contributed by atoms with Gasteiger partial charge in [0.15, 0.2) is 0 Å². The van der Waals surface area contributed by atoms with Crippen LogP contribution >= 0.6 is 0 Å². The molecule has 0 heterocycles. The van der Waals surface area contributed by atoms with E-state index in [9.17, 15) is 4.79 Å². The van der Waals surface area contributed by atoms with Gasteiger partial charge >= 0.3 is 5.97 Å². The molecule has 0 aliphatic rings. The van der Waals surface area contributed by atoms with Crippen molar-refractivity contribution >= 4 is 5.97 Å². The van der Waals surface area contributed by atoms with Crippen LogP contribution in [0.1, 0.15) is 26.7 Å². The molecule has 0 saturated carbocycles. The first-order chi connectivity index (χ1) is 4.31. The van der Waals surface area contributed by atoms with Gasteiger partial charge in [-0.05, 0) is 12.8 Å². The summed E-state index contributed by atoms with van der Waals surface area (Å²) in [6, 6.07) is 0. The van der Waals surface area contributed by atoms with Gasteiger partial charge in [0, 0.05) is 0 Å². The molecule has 0 aliphatic carbocycles. The largest absolute Gasteiger partial charge is 0.465 e. The summed E-state index contributed by atoms with van der Waals surface area (Å²) in [5.41, 5.74) is 0. The van der Waals surface area contributed by atoms with Crippen LogP contribution in [-0.4, -0.2) is 12.6 Å². The van der Waals surface area contributed by atoms with E-state index in [4.69, 9.17) is 0 Å². The smallest absolute Gasteiger partial charge is 0.314 e. The van der Waals surface area contributed by atoms with E-state index in [0.717, 1.165) is 6.42 Å². The summed E-state index contributed by atoms with van der Waals surface area (Å²) < 4.78 is 4.68. The summed E-state index contributed by atoms with van der Waals surface area (Å²) in [6.07, 6.45) is 4.02. The lowest BCUT2D eigenvalue weighted by Crippen LogP contribution is -2.04. The normalized spacial score (nSPS) is 9.11. The van der Waals surface area contributed by atoms with Crippen molar-refractivity contribution in [2.45, 2.75) is 26.7 Å². The molecule has 0 saturated heterocycles. The van der Waals surface area contributed by atoms with Crippen LogP contribution in [0.2, 0.25) is 0 Å². The Bertz CT molecular complexity index is 79.0. The first kappa shape index (κ1) is 8.47. The van der Waals surface area contributed by atoms with Crippen LogP contribution in [0.4, 0.5) is 0 Å². The molecule has 0 fully saturated rings. The molecule has 2 heteroatoms. The average Bonchev–Trinajstić information content (AvgIpc) is 1.85. The van der Waals surface area contributed by atoms with Crippen molar-refractivity contribution in [1.82, 2.24) is 0 Å². The van der Waals surface area contributed by atoms with E-state index in [1.165, 1.54) is 0 Å². The predicted molar refractivity (Wildman–Crippen MR) is 34.8 cm³/mol. The Morgan fingerprint density at radius 3 is 2.67 bits per heavy atom. The highest BCUT2D eigenvalue weighted by Crippen LogP contribution is 1.89. The lowest BCUT2D eigenvalue weighted by atomic mass is 10.3. The molecular weight excluding hydrogens is 116 g/mol. The monoisotopic (exact) mass is 128 g/mol. The van der Waals surface area contributed by atoms with E-state index in [2.05, 4.69) is 11.2 Å². The summed E-state index contributed by atoms with van der Waals surface area (Å²) in [5.74, 6) is -0.320. The molecule has 2 radical (unpaired) electrons. The molecule has 0 aliphatic heterocycles. The molecule has 52 valence electrons. The number of hydrogen-bond donors (Lipinski definition) is 0. The second-order valence-corrected chi connectivity index (χ2v) is 1.67. The van der Waals surface area contributed by atoms with Gasteiger partial charge in [-0.2, -0.15) is 0 Å². The van der Waals surface area contributed by atoms with Gasteiger partial charge < -0.3 is 4.74 Å². The van der Waals surface area contributed by atoms with Crippen molar-refractivity contribution in [3.63, 3.8) is 0 Å². The third-order valence-corrected chi connectivity index (χ3v) is 0.758. The van der Waals surface area contributed by atoms with Crippen molar-refractivity contribution in [2.75, 3.05) is 6.61 Å². The van der Waals surface area contributed by atoms with E-state index in [1.807, 2.05) is 13.8 Å². The molecule has 0 amide bonds. The zero-order valence-electron chi connectivity index (χ0n) is 5.94. The predicted octanol–water partition coefficient (Wildman–Crippen LogP) is 1.43. The van der Waals surface area contributed by atoms with Crippen LogP contribution < -0.4 is 0 Å². The Morgan fingerprint density at radius 1 is 1.56 bits per heavy atom. The third kappa shape index (κ3) is 5.34. The van der Waals surface area contributed by atoms with Crippen molar-refractivity contribution in [1.29, 1.82) is 0 Å². The average molecular weight is 128 g/mol. The SMILES string of the molecule is CC[C]C(=O)OCCC. The first-order valence-electron chi connectivity index (χ1n) is 3.21. The minimum atomic E-state index is -0.320. The number of ether oxygens (including phenoxy) is 1. The number of carbonyl (C=O) groups is 1. The van der Waals surface area contributed by atoms with Gasteiger partial charge in [0.05, 0.1) is 6.61 Å². The van der Waals surface area contributed by atoms with E-state index < -0.39 is 0 Å². The van der Waals surface area contributed by atoms with E-state index in [-0.39, 0.29) is 5.97 Å². The summed E-state index contributed by atoms with van der Waals surface area (Å²) in [6.45, 7) is 4.32. The fraction of sp³-hybridized carbons (Fsp3) is 0.714. The Kier molecular flexibility index (Phi) is 5.27. The van der Waals surface area contributed by atoms with Gasteiger partial charge in [0.1, 0.15) is 6.42 Å². The number of rotatable bonds is 4. The molecule has 0 aromatic heterocycles. The highest BCUT2D eigenvalue weighted by Gasteiger charge is 1.98. The summed E-state index contributed by atoms with van der Waals surface area (Å²) in [7, 11) is 0. The summed E-state index contributed by atoms with van der Waals surface area (Å²) in [5, 5.41) is 0. The van der Waals surface area contributed by atoms with Gasteiger partial charge in [-0.3, -0.25) is 4.79 Å². The summed E-state index contributed by atoms with van der Waals surface area (Å²) in [4.78, 5) is 10.5. The Morgan fingerprint density at radius 2 is 2.22 bits per heavy atom. The van der Waals surface area contributed by atoms with Crippen LogP contribution in [0.25, 0.3) is 0 Å². The molecule has 0 aromatic rings. The maximum atomic E-state index is 10.5. The molecule has 0 rings (SSSR count). The third-order valence-electron chi connectivity index (χ3n) is 0.758. The van der Waals surface area contributed by atoms with Crippen LogP contribution in [-0.2, 0) is 9.53 Å². The molecule has 0 atom stereocenters. The minimum Gasteiger partial charge on any atom is -0.465 e. The Balaban J connectivity index is 3.06. The molecule has 0 unspecified atom stereocenters. The molecular formula is C7H12O2. The second kappa shape index (κ2) is 5.60. The second-order valence-electron chi connectivity index (χ2n) is 1.67. The van der Waals surface area contributed by atoms with Crippen LogP contribution in [0, 0.1) is 6.42 Å². The fourth-order valence-electron chi connectivity index (χ4n) is 0.390.